The predicted molar refractivity (Wildman–Crippen MR) is 67.8 cm³/mol. The van der Waals surface area contributed by atoms with Crippen LogP contribution in [0.4, 0.5) is 4.53 Å². The Morgan fingerprint density at radius 3 is 2.16 bits per heavy atom. The summed E-state index contributed by atoms with van der Waals surface area (Å²) in [6, 6.07) is 8.50. The molecule has 0 saturated heterocycles. The number of hydrogen-bond acceptors (Lipinski definition) is 7. The van der Waals surface area contributed by atoms with E-state index in [2.05, 4.69) is 8.02 Å². The molecule has 0 aliphatic carbocycles. The van der Waals surface area contributed by atoms with E-state index in [1.54, 1.807) is 30.3 Å². The first kappa shape index (κ1) is 16.4. The van der Waals surface area contributed by atoms with Crippen LogP contribution in [0.3, 0.4) is 0 Å². The largest absolute Gasteiger partial charge is 0.297 e. The lowest BCUT2D eigenvalue weighted by Crippen LogP contribution is -2.13. The second-order valence-corrected chi connectivity index (χ2v) is 7.76. The SMILES string of the molecule is O=S(=O)(CCCS(=O)(=O)OSc1ccccc1)OF. The van der Waals surface area contributed by atoms with Crippen molar-refractivity contribution >= 4 is 32.3 Å². The van der Waals surface area contributed by atoms with Gasteiger partial charge in [0, 0.05) is 16.9 Å². The van der Waals surface area contributed by atoms with Gasteiger partial charge < -0.3 is 0 Å². The molecule has 0 aliphatic heterocycles. The Morgan fingerprint density at radius 2 is 1.58 bits per heavy atom. The van der Waals surface area contributed by atoms with Crippen molar-refractivity contribution in [3.05, 3.63) is 30.3 Å². The molecule has 1 rings (SSSR count). The van der Waals surface area contributed by atoms with Crippen molar-refractivity contribution in [1.82, 2.24) is 0 Å². The Morgan fingerprint density at radius 1 is 1.00 bits per heavy atom. The van der Waals surface area contributed by atoms with E-state index in [9.17, 15) is 21.4 Å². The number of halogens is 1. The van der Waals surface area contributed by atoms with E-state index in [1.165, 1.54) is 0 Å². The molecule has 19 heavy (non-hydrogen) atoms. The molecular formula is C9H11FO6S3. The van der Waals surface area contributed by atoms with Crippen LogP contribution in [-0.4, -0.2) is 28.3 Å². The average molecular weight is 330 g/mol. The van der Waals surface area contributed by atoms with Gasteiger partial charge in [-0.3, -0.25) is 0 Å². The van der Waals surface area contributed by atoms with E-state index >= 15 is 0 Å². The number of hydrogen-bond donors (Lipinski definition) is 0. The zero-order chi connectivity index (χ0) is 14.4. The Bertz CT molecular complexity index is 584. The van der Waals surface area contributed by atoms with Gasteiger partial charge in [-0.05, 0) is 23.1 Å². The maximum Gasteiger partial charge on any atom is 0.297 e. The van der Waals surface area contributed by atoms with E-state index in [4.69, 9.17) is 0 Å². The van der Waals surface area contributed by atoms with Crippen molar-refractivity contribution in [2.45, 2.75) is 11.3 Å². The molecular weight excluding hydrogens is 319 g/mol. The van der Waals surface area contributed by atoms with Gasteiger partial charge in [-0.1, -0.05) is 22.6 Å². The van der Waals surface area contributed by atoms with E-state index in [-0.39, 0.29) is 6.42 Å². The highest BCUT2D eigenvalue weighted by atomic mass is 32.3. The van der Waals surface area contributed by atoms with Gasteiger partial charge in [0.05, 0.1) is 11.5 Å². The molecule has 0 unspecified atom stereocenters. The lowest BCUT2D eigenvalue weighted by atomic mass is 10.4. The van der Waals surface area contributed by atoms with Crippen LogP contribution in [-0.2, 0) is 28.3 Å². The molecule has 0 saturated carbocycles. The van der Waals surface area contributed by atoms with E-state index in [0.717, 1.165) is 0 Å². The van der Waals surface area contributed by atoms with Gasteiger partial charge in [-0.2, -0.15) is 20.5 Å². The summed E-state index contributed by atoms with van der Waals surface area (Å²) in [5.41, 5.74) is 0. The van der Waals surface area contributed by atoms with E-state index in [1.807, 2.05) is 0 Å². The highest BCUT2D eigenvalue weighted by Crippen LogP contribution is 2.21. The second-order valence-electron chi connectivity index (χ2n) is 3.40. The van der Waals surface area contributed by atoms with Crippen molar-refractivity contribution < 1.29 is 29.4 Å². The quantitative estimate of drug-likeness (QED) is 0.670. The van der Waals surface area contributed by atoms with E-state index < -0.39 is 31.7 Å². The minimum absolute atomic E-state index is 0.316. The highest BCUT2D eigenvalue weighted by molar-refractivity contribution is 8.04. The molecule has 6 nitrogen and oxygen atoms in total. The molecule has 0 aliphatic rings. The average Bonchev–Trinajstić information content (AvgIpc) is 2.37. The third-order valence-electron chi connectivity index (χ3n) is 1.86. The minimum Gasteiger partial charge on any atom is -0.198 e. The van der Waals surface area contributed by atoms with Crippen LogP contribution in [0.2, 0.25) is 0 Å². The van der Waals surface area contributed by atoms with Gasteiger partial charge in [0.2, 0.25) is 0 Å². The molecule has 0 radical (unpaired) electrons. The molecule has 0 aromatic heterocycles. The first-order valence-electron chi connectivity index (χ1n) is 5.01. The summed E-state index contributed by atoms with van der Waals surface area (Å²) in [5.74, 6) is -1.28. The van der Waals surface area contributed by atoms with Crippen LogP contribution in [0.15, 0.2) is 35.2 Å². The van der Waals surface area contributed by atoms with Crippen molar-refractivity contribution in [2.24, 2.45) is 0 Å². The summed E-state index contributed by atoms with van der Waals surface area (Å²) in [4.78, 5) is 0.589. The maximum absolute atomic E-state index is 11.5. The van der Waals surface area contributed by atoms with Gasteiger partial charge in [0.1, 0.15) is 0 Å². The van der Waals surface area contributed by atoms with Gasteiger partial charge >= 0.3 is 0 Å². The summed E-state index contributed by atoms with van der Waals surface area (Å²) in [6.45, 7) is 0. The summed E-state index contributed by atoms with van der Waals surface area (Å²) in [6.07, 6.45) is -0.316. The van der Waals surface area contributed by atoms with Gasteiger partial charge in [0.15, 0.2) is 0 Å². The molecule has 0 atom stereocenters. The van der Waals surface area contributed by atoms with Crippen LogP contribution >= 0.6 is 12.0 Å². The number of benzene rings is 1. The normalized spacial score (nSPS) is 12.5. The molecule has 0 bridgehead atoms. The number of rotatable bonds is 8. The topological polar surface area (TPSA) is 86.7 Å². The van der Waals surface area contributed by atoms with Gasteiger partial charge in [-0.15, -0.1) is 0 Å². The molecule has 0 amide bonds. The third-order valence-corrected chi connectivity index (χ3v) is 5.20. The zero-order valence-electron chi connectivity index (χ0n) is 9.56. The van der Waals surface area contributed by atoms with Crippen molar-refractivity contribution in [2.75, 3.05) is 11.5 Å². The van der Waals surface area contributed by atoms with Crippen LogP contribution in [0.5, 0.6) is 0 Å². The third kappa shape index (κ3) is 6.87. The van der Waals surface area contributed by atoms with Crippen LogP contribution in [0.25, 0.3) is 0 Å². The summed E-state index contributed by atoms with van der Waals surface area (Å²) < 4.78 is 62.9. The maximum atomic E-state index is 11.5. The van der Waals surface area contributed by atoms with Crippen molar-refractivity contribution in [1.29, 1.82) is 0 Å². The lowest BCUT2D eigenvalue weighted by molar-refractivity contribution is 0.00297. The fraction of sp³-hybridized carbons (Fsp3) is 0.333. The fourth-order valence-corrected chi connectivity index (χ4v) is 3.56. The van der Waals surface area contributed by atoms with E-state index in [0.29, 0.717) is 16.9 Å². The molecule has 108 valence electrons. The first-order valence-corrected chi connectivity index (χ1v) is 8.91. The molecule has 0 N–H and O–H groups in total. The van der Waals surface area contributed by atoms with Crippen molar-refractivity contribution in [3.8, 4) is 0 Å². The first-order chi connectivity index (χ1) is 8.85. The minimum atomic E-state index is -4.30. The molecule has 0 fully saturated rings. The summed E-state index contributed by atoms with van der Waals surface area (Å²) >= 11 is 0.648. The molecule has 1 aromatic rings. The fourth-order valence-electron chi connectivity index (χ4n) is 1.05. The molecule has 10 heteroatoms. The Hall–Kier alpha value is -0.680. The molecule has 1 aromatic carbocycles. The standard InChI is InChI=1S/C9H11FO6S3/c10-15-18(11,12)7-4-8-19(13,14)16-17-9-5-2-1-3-6-9/h1-3,5-6H,4,7-8H2. The van der Waals surface area contributed by atoms with Crippen LogP contribution in [0, 0.1) is 0 Å². The van der Waals surface area contributed by atoms with Gasteiger partial charge in [-0.25, -0.2) is 0 Å². The predicted octanol–water partition coefficient (Wildman–Crippen LogP) is 1.66. The smallest absolute Gasteiger partial charge is 0.198 e. The van der Waals surface area contributed by atoms with Crippen LogP contribution < -0.4 is 0 Å². The zero-order valence-corrected chi connectivity index (χ0v) is 12.0. The Kier molecular flexibility index (Phi) is 6.20. The summed E-state index contributed by atoms with van der Waals surface area (Å²) in [7, 11) is -8.19. The lowest BCUT2D eigenvalue weighted by Gasteiger charge is -2.03. The Balaban J connectivity index is 2.41. The van der Waals surface area contributed by atoms with Crippen LogP contribution in [0.1, 0.15) is 6.42 Å². The highest BCUT2D eigenvalue weighted by Gasteiger charge is 2.17. The Labute approximate surface area is 115 Å². The summed E-state index contributed by atoms with van der Waals surface area (Å²) in [5, 5.41) is 0. The monoisotopic (exact) mass is 330 g/mol. The molecule has 0 heterocycles. The molecule has 0 spiro atoms. The second kappa shape index (κ2) is 7.20. The van der Waals surface area contributed by atoms with Gasteiger partial charge in [0.25, 0.3) is 20.2 Å². The van der Waals surface area contributed by atoms with Crippen molar-refractivity contribution in [3.63, 3.8) is 0 Å².